The number of nitrogens with one attached hydrogen (secondary N) is 1. The molecule has 1 rings (SSSR count). The van der Waals surface area contributed by atoms with Crippen molar-refractivity contribution in [1.82, 2.24) is 15.2 Å². The van der Waals surface area contributed by atoms with E-state index in [0.29, 0.717) is 0 Å². The standard InChI is InChI=1S/C15H26FN3/c1-6-8-18-14(15(3,7-2)19(4)5)12-9-13(16)11-17-10-12/h9-11,14,18H,6-8H2,1-5H3. The lowest BCUT2D eigenvalue weighted by atomic mass is 9.84. The summed E-state index contributed by atoms with van der Waals surface area (Å²) >= 11 is 0. The van der Waals surface area contributed by atoms with E-state index in [1.807, 2.05) is 0 Å². The fraction of sp³-hybridized carbons (Fsp3) is 0.667. The molecule has 0 aliphatic rings. The van der Waals surface area contributed by atoms with Crippen LogP contribution in [0, 0.1) is 5.82 Å². The Morgan fingerprint density at radius 3 is 2.53 bits per heavy atom. The Kier molecular flexibility index (Phi) is 5.88. The van der Waals surface area contributed by atoms with Crippen LogP contribution >= 0.6 is 0 Å². The number of halogens is 1. The van der Waals surface area contributed by atoms with E-state index in [-0.39, 0.29) is 17.4 Å². The normalized spacial score (nSPS) is 16.4. The second-order valence-corrected chi connectivity index (χ2v) is 5.43. The van der Waals surface area contributed by atoms with Crippen molar-refractivity contribution in [2.45, 2.75) is 45.2 Å². The van der Waals surface area contributed by atoms with Gasteiger partial charge in [0, 0.05) is 11.7 Å². The zero-order chi connectivity index (χ0) is 14.5. The van der Waals surface area contributed by atoms with Crippen molar-refractivity contribution < 1.29 is 4.39 Å². The summed E-state index contributed by atoms with van der Waals surface area (Å²) in [6, 6.07) is 1.65. The predicted octanol–water partition coefficient (Wildman–Crippen LogP) is 2.99. The monoisotopic (exact) mass is 267 g/mol. The third-order valence-electron chi connectivity index (χ3n) is 4.02. The van der Waals surface area contributed by atoms with Gasteiger partial charge in [0.1, 0.15) is 5.82 Å². The molecule has 1 aromatic heterocycles. The number of hydrogen-bond acceptors (Lipinski definition) is 3. The summed E-state index contributed by atoms with van der Waals surface area (Å²) in [6.45, 7) is 7.40. The third-order valence-corrected chi connectivity index (χ3v) is 4.02. The van der Waals surface area contributed by atoms with E-state index < -0.39 is 0 Å². The minimum absolute atomic E-state index is 0.0654. The van der Waals surface area contributed by atoms with Crippen molar-refractivity contribution in [2.75, 3.05) is 20.6 Å². The van der Waals surface area contributed by atoms with Gasteiger partial charge in [-0.3, -0.25) is 4.98 Å². The van der Waals surface area contributed by atoms with E-state index >= 15 is 0 Å². The van der Waals surface area contributed by atoms with Gasteiger partial charge in [0.15, 0.2) is 0 Å². The van der Waals surface area contributed by atoms with Crippen LogP contribution in [0.5, 0.6) is 0 Å². The lowest BCUT2D eigenvalue weighted by Crippen LogP contribution is -2.51. The summed E-state index contributed by atoms with van der Waals surface area (Å²) in [7, 11) is 4.13. The van der Waals surface area contributed by atoms with Crippen molar-refractivity contribution in [1.29, 1.82) is 0 Å². The highest BCUT2D eigenvalue weighted by Crippen LogP contribution is 2.32. The Morgan fingerprint density at radius 1 is 1.37 bits per heavy atom. The van der Waals surface area contributed by atoms with Crippen molar-refractivity contribution in [3.63, 3.8) is 0 Å². The third kappa shape index (κ3) is 3.74. The maximum atomic E-state index is 13.4. The van der Waals surface area contributed by atoms with E-state index in [9.17, 15) is 4.39 Å². The van der Waals surface area contributed by atoms with Gasteiger partial charge >= 0.3 is 0 Å². The molecule has 1 N–H and O–H groups in total. The Hall–Kier alpha value is -1.00. The van der Waals surface area contributed by atoms with E-state index in [0.717, 1.165) is 24.9 Å². The minimum Gasteiger partial charge on any atom is -0.308 e. The minimum atomic E-state index is -0.280. The molecule has 108 valence electrons. The number of aromatic nitrogens is 1. The fourth-order valence-electron chi connectivity index (χ4n) is 2.35. The van der Waals surface area contributed by atoms with Gasteiger partial charge in [-0.25, -0.2) is 4.39 Å². The molecule has 0 fully saturated rings. The average Bonchev–Trinajstić information content (AvgIpc) is 2.38. The van der Waals surface area contributed by atoms with Gasteiger partial charge in [0.25, 0.3) is 0 Å². The van der Waals surface area contributed by atoms with Crippen molar-refractivity contribution in [3.05, 3.63) is 29.8 Å². The molecule has 0 radical (unpaired) electrons. The van der Waals surface area contributed by atoms with Gasteiger partial charge < -0.3 is 10.2 Å². The van der Waals surface area contributed by atoms with Gasteiger partial charge in [0.2, 0.25) is 0 Å². The van der Waals surface area contributed by atoms with E-state index in [2.05, 4.69) is 50.1 Å². The molecule has 1 heterocycles. The number of pyridine rings is 1. The van der Waals surface area contributed by atoms with Crippen LogP contribution in [0.2, 0.25) is 0 Å². The number of nitrogens with zero attached hydrogens (tertiary/aromatic N) is 2. The molecule has 19 heavy (non-hydrogen) atoms. The summed E-state index contributed by atoms with van der Waals surface area (Å²) in [4.78, 5) is 6.19. The van der Waals surface area contributed by atoms with Crippen LogP contribution in [0.1, 0.15) is 45.2 Å². The molecule has 0 bridgehead atoms. The second-order valence-electron chi connectivity index (χ2n) is 5.43. The van der Waals surface area contributed by atoms with Crippen LogP contribution in [0.25, 0.3) is 0 Å². The molecule has 0 spiro atoms. The summed E-state index contributed by atoms with van der Waals surface area (Å²) in [5, 5.41) is 3.54. The second kappa shape index (κ2) is 6.96. The molecule has 0 aliphatic carbocycles. The quantitative estimate of drug-likeness (QED) is 0.823. The average molecular weight is 267 g/mol. The lowest BCUT2D eigenvalue weighted by Gasteiger charge is -2.43. The highest BCUT2D eigenvalue weighted by molar-refractivity contribution is 5.20. The first-order valence-electron chi connectivity index (χ1n) is 6.97. The SMILES string of the molecule is CCCNC(c1cncc(F)c1)C(C)(CC)N(C)C. The number of rotatable bonds is 7. The van der Waals surface area contributed by atoms with Crippen molar-refractivity contribution in [3.8, 4) is 0 Å². The Bertz CT molecular complexity index is 395. The highest BCUT2D eigenvalue weighted by atomic mass is 19.1. The molecule has 0 aliphatic heterocycles. The molecule has 4 heteroatoms. The Balaban J connectivity index is 3.13. The van der Waals surface area contributed by atoms with E-state index in [1.54, 1.807) is 12.3 Å². The van der Waals surface area contributed by atoms with Crippen LogP contribution in [0.3, 0.4) is 0 Å². The van der Waals surface area contributed by atoms with Gasteiger partial charge in [0.05, 0.1) is 12.2 Å². The summed E-state index contributed by atoms with van der Waals surface area (Å²) in [6.07, 6.45) is 5.03. The molecule has 2 unspecified atom stereocenters. The number of likely N-dealkylation sites (N-methyl/N-ethyl adjacent to an activating group) is 1. The van der Waals surface area contributed by atoms with E-state index in [1.165, 1.54) is 6.20 Å². The predicted molar refractivity (Wildman–Crippen MR) is 77.6 cm³/mol. The molecular formula is C15H26FN3. The Morgan fingerprint density at radius 2 is 2.05 bits per heavy atom. The van der Waals surface area contributed by atoms with Crippen LogP contribution in [0.4, 0.5) is 4.39 Å². The van der Waals surface area contributed by atoms with Gasteiger partial charge in [-0.05, 0) is 52.0 Å². The van der Waals surface area contributed by atoms with Crippen LogP contribution in [-0.2, 0) is 0 Å². The first kappa shape index (κ1) is 16.1. The molecule has 0 saturated heterocycles. The smallest absolute Gasteiger partial charge is 0.141 e. The molecule has 0 aromatic carbocycles. The van der Waals surface area contributed by atoms with Crippen molar-refractivity contribution in [2.24, 2.45) is 0 Å². The maximum Gasteiger partial charge on any atom is 0.141 e. The summed E-state index contributed by atoms with van der Waals surface area (Å²) in [5.74, 6) is -0.280. The van der Waals surface area contributed by atoms with Crippen LogP contribution < -0.4 is 5.32 Å². The zero-order valence-electron chi connectivity index (χ0n) is 12.7. The molecule has 0 saturated carbocycles. The van der Waals surface area contributed by atoms with Crippen molar-refractivity contribution >= 4 is 0 Å². The van der Waals surface area contributed by atoms with Gasteiger partial charge in [-0.1, -0.05) is 13.8 Å². The summed E-state index contributed by atoms with van der Waals surface area (Å²) in [5.41, 5.74) is 0.830. The number of hydrogen-bond donors (Lipinski definition) is 1. The molecule has 1 aromatic rings. The lowest BCUT2D eigenvalue weighted by molar-refractivity contribution is 0.112. The summed E-state index contributed by atoms with van der Waals surface area (Å²) < 4.78 is 13.4. The topological polar surface area (TPSA) is 28.2 Å². The zero-order valence-corrected chi connectivity index (χ0v) is 12.7. The first-order valence-corrected chi connectivity index (χ1v) is 6.97. The first-order chi connectivity index (χ1) is 8.95. The largest absolute Gasteiger partial charge is 0.308 e. The highest BCUT2D eigenvalue weighted by Gasteiger charge is 2.35. The molecule has 2 atom stereocenters. The molecule has 3 nitrogen and oxygen atoms in total. The fourth-order valence-corrected chi connectivity index (χ4v) is 2.35. The maximum absolute atomic E-state index is 13.4. The molecule has 0 amide bonds. The van der Waals surface area contributed by atoms with Gasteiger partial charge in [-0.2, -0.15) is 0 Å². The van der Waals surface area contributed by atoms with Crippen LogP contribution in [0.15, 0.2) is 18.5 Å². The Labute approximate surface area is 116 Å². The van der Waals surface area contributed by atoms with Gasteiger partial charge in [-0.15, -0.1) is 0 Å². The van der Waals surface area contributed by atoms with Crippen LogP contribution in [-0.4, -0.2) is 36.1 Å². The molecular weight excluding hydrogens is 241 g/mol. The van der Waals surface area contributed by atoms with E-state index in [4.69, 9.17) is 0 Å².